The number of H-pyrrole nitrogens is 1. The topological polar surface area (TPSA) is 72.8 Å². The van der Waals surface area contributed by atoms with Gasteiger partial charge in [0.05, 0.1) is 5.69 Å². The Labute approximate surface area is 133 Å². The molecule has 5 nitrogen and oxygen atoms in total. The van der Waals surface area contributed by atoms with Crippen LogP contribution in [0.15, 0.2) is 29.1 Å². The van der Waals surface area contributed by atoms with Gasteiger partial charge in [0.1, 0.15) is 17.4 Å². The van der Waals surface area contributed by atoms with Gasteiger partial charge in [0, 0.05) is 18.7 Å². The first-order valence-electron chi connectivity index (χ1n) is 7.74. The van der Waals surface area contributed by atoms with Crippen LogP contribution in [0.4, 0.5) is 10.3 Å². The number of nitrogens with zero attached hydrogens (tertiary/aromatic N) is 3. The van der Waals surface area contributed by atoms with E-state index in [1.807, 2.05) is 11.0 Å². The lowest BCUT2D eigenvalue weighted by Gasteiger charge is -2.21. The maximum Gasteiger partial charge on any atom is 0.270 e. The van der Waals surface area contributed by atoms with E-state index in [-0.39, 0.29) is 11.3 Å². The van der Waals surface area contributed by atoms with E-state index in [2.05, 4.69) is 9.97 Å². The molecule has 1 aliphatic rings. The maximum absolute atomic E-state index is 13.5. The summed E-state index contributed by atoms with van der Waals surface area (Å²) in [6, 6.07) is 7.67. The van der Waals surface area contributed by atoms with Crippen LogP contribution < -0.4 is 10.5 Å². The second-order valence-electron chi connectivity index (χ2n) is 5.64. The lowest BCUT2D eigenvalue weighted by Crippen LogP contribution is -2.29. The molecule has 0 aliphatic carbocycles. The zero-order chi connectivity index (χ0) is 16.2. The van der Waals surface area contributed by atoms with Gasteiger partial charge in [-0.1, -0.05) is 25.0 Å². The van der Waals surface area contributed by atoms with E-state index < -0.39 is 11.4 Å². The number of aromatic amines is 1. The lowest BCUT2D eigenvalue weighted by molar-refractivity contribution is 0.628. The monoisotopic (exact) mass is 312 g/mol. The number of nitriles is 1. The second kappa shape index (κ2) is 6.61. The van der Waals surface area contributed by atoms with E-state index in [1.54, 1.807) is 12.1 Å². The fourth-order valence-electron chi connectivity index (χ4n) is 2.84. The van der Waals surface area contributed by atoms with Crippen molar-refractivity contribution in [3.8, 4) is 17.3 Å². The molecule has 6 heteroatoms. The molecule has 0 unspecified atom stereocenters. The molecule has 0 radical (unpaired) electrons. The third kappa shape index (κ3) is 3.24. The Morgan fingerprint density at radius 3 is 2.61 bits per heavy atom. The summed E-state index contributed by atoms with van der Waals surface area (Å²) in [4.78, 5) is 21.4. The quantitative estimate of drug-likeness (QED) is 0.925. The molecule has 1 N–H and O–H groups in total. The smallest absolute Gasteiger partial charge is 0.270 e. The zero-order valence-corrected chi connectivity index (χ0v) is 12.7. The van der Waals surface area contributed by atoms with Crippen molar-refractivity contribution in [3.63, 3.8) is 0 Å². The van der Waals surface area contributed by atoms with E-state index in [1.165, 1.54) is 12.1 Å². The summed E-state index contributed by atoms with van der Waals surface area (Å²) in [5, 5.41) is 9.26. The molecule has 2 heterocycles. The third-order valence-electron chi connectivity index (χ3n) is 4.02. The highest BCUT2D eigenvalue weighted by Gasteiger charge is 2.18. The number of halogens is 1. The Morgan fingerprint density at radius 1 is 1.22 bits per heavy atom. The number of aromatic nitrogens is 2. The van der Waals surface area contributed by atoms with Crippen LogP contribution in [0.1, 0.15) is 31.2 Å². The van der Waals surface area contributed by atoms with Crippen molar-refractivity contribution < 1.29 is 4.39 Å². The van der Waals surface area contributed by atoms with Crippen molar-refractivity contribution in [2.24, 2.45) is 0 Å². The second-order valence-corrected chi connectivity index (χ2v) is 5.64. The Bertz CT molecular complexity index is 801. The summed E-state index contributed by atoms with van der Waals surface area (Å²) in [6.45, 7) is 1.63. The highest BCUT2D eigenvalue weighted by molar-refractivity contribution is 5.67. The third-order valence-corrected chi connectivity index (χ3v) is 4.02. The number of hydrogen-bond acceptors (Lipinski definition) is 4. The van der Waals surface area contributed by atoms with Crippen molar-refractivity contribution in [2.45, 2.75) is 25.7 Å². The van der Waals surface area contributed by atoms with Crippen LogP contribution in [0.25, 0.3) is 11.3 Å². The average Bonchev–Trinajstić information content (AvgIpc) is 2.83. The van der Waals surface area contributed by atoms with Gasteiger partial charge in [0.25, 0.3) is 5.56 Å². The molecule has 1 aromatic carbocycles. The van der Waals surface area contributed by atoms with E-state index >= 15 is 0 Å². The van der Waals surface area contributed by atoms with E-state index in [0.29, 0.717) is 11.5 Å². The highest BCUT2D eigenvalue weighted by Crippen LogP contribution is 2.23. The van der Waals surface area contributed by atoms with E-state index in [4.69, 9.17) is 0 Å². The normalized spacial score (nSPS) is 15.0. The van der Waals surface area contributed by atoms with Gasteiger partial charge in [-0.25, -0.2) is 9.37 Å². The summed E-state index contributed by atoms with van der Waals surface area (Å²) in [6.07, 6.45) is 4.40. The fourth-order valence-corrected chi connectivity index (χ4v) is 2.84. The first-order valence-corrected chi connectivity index (χ1v) is 7.74. The number of rotatable bonds is 2. The summed E-state index contributed by atoms with van der Waals surface area (Å²) in [5.74, 6) is 0.0277. The molecule has 23 heavy (non-hydrogen) atoms. The van der Waals surface area contributed by atoms with Crippen LogP contribution in [-0.4, -0.2) is 23.1 Å². The van der Waals surface area contributed by atoms with Crippen LogP contribution in [0, 0.1) is 17.1 Å². The first kappa shape index (κ1) is 15.2. The summed E-state index contributed by atoms with van der Waals surface area (Å²) < 4.78 is 13.5. The molecule has 0 bridgehead atoms. The molecule has 3 rings (SSSR count). The van der Waals surface area contributed by atoms with Crippen molar-refractivity contribution in [1.29, 1.82) is 5.26 Å². The molecule has 0 spiro atoms. The van der Waals surface area contributed by atoms with Crippen molar-refractivity contribution in [2.75, 3.05) is 18.0 Å². The SMILES string of the molecule is N#Cc1c(-c2cccc(F)c2)nc(N2CCCCCC2)[nH]c1=O. The molecule has 1 aliphatic heterocycles. The molecule has 0 saturated carbocycles. The molecule has 0 atom stereocenters. The van der Waals surface area contributed by atoms with E-state index in [9.17, 15) is 14.4 Å². The standard InChI is InChI=1S/C17H17FN4O/c18-13-7-5-6-12(10-13)15-14(11-19)16(23)21-17(20-15)22-8-3-1-2-4-9-22/h5-7,10H,1-4,8-9H2,(H,20,21,23). The minimum Gasteiger partial charge on any atom is -0.342 e. The van der Waals surface area contributed by atoms with Gasteiger partial charge in [-0.2, -0.15) is 5.26 Å². The number of hydrogen-bond donors (Lipinski definition) is 1. The Morgan fingerprint density at radius 2 is 1.96 bits per heavy atom. The molecule has 0 amide bonds. The Hall–Kier alpha value is -2.68. The minimum atomic E-state index is -0.485. The first-order chi connectivity index (χ1) is 11.2. The molecule has 1 aromatic heterocycles. The maximum atomic E-state index is 13.5. The molecule has 1 fully saturated rings. The Kier molecular flexibility index (Phi) is 4.38. The Balaban J connectivity index is 2.10. The van der Waals surface area contributed by atoms with Gasteiger partial charge in [-0.15, -0.1) is 0 Å². The van der Waals surface area contributed by atoms with Gasteiger partial charge in [0.2, 0.25) is 5.95 Å². The number of nitrogens with one attached hydrogen (secondary N) is 1. The van der Waals surface area contributed by atoms with Gasteiger partial charge < -0.3 is 4.90 Å². The molecule has 1 saturated heterocycles. The van der Waals surface area contributed by atoms with Crippen LogP contribution in [0.3, 0.4) is 0 Å². The van der Waals surface area contributed by atoms with Gasteiger partial charge in [0.15, 0.2) is 0 Å². The molecular weight excluding hydrogens is 295 g/mol. The minimum absolute atomic E-state index is 0.0887. The number of anilines is 1. The predicted molar refractivity (Wildman–Crippen MR) is 85.6 cm³/mol. The largest absolute Gasteiger partial charge is 0.342 e. The van der Waals surface area contributed by atoms with Crippen molar-refractivity contribution in [3.05, 3.63) is 46.0 Å². The van der Waals surface area contributed by atoms with Crippen LogP contribution >= 0.6 is 0 Å². The average molecular weight is 312 g/mol. The number of benzene rings is 1. The summed E-state index contributed by atoms with van der Waals surface area (Å²) in [5.41, 5.74) is 0.0916. The predicted octanol–water partition coefficient (Wildman–Crippen LogP) is 2.83. The summed E-state index contributed by atoms with van der Waals surface area (Å²) in [7, 11) is 0. The van der Waals surface area contributed by atoms with Gasteiger partial charge >= 0.3 is 0 Å². The summed E-state index contributed by atoms with van der Waals surface area (Å²) >= 11 is 0. The van der Waals surface area contributed by atoms with Crippen LogP contribution in [0.5, 0.6) is 0 Å². The fraction of sp³-hybridized carbons (Fsp3) is 0.353. The van der Waals surface area contributed by atoms with Crippen molar-refractivity contribution >= 4 is 5.95 Å². The molecular formula is C17H17FN4O. The molecule has 2 aromatic rings. The van der Waals surface area contributed by atoms with Crippen molar-refractivity contribution in [1.82, 2.24) is 9.97 Å². The lowest BCUT2D eigenvalue weighted by atomic mass is 10.1. The highest BCUT2D eigenvalue weighted by atomic mass is 19.1. The van der Waals surface area contributed by atoms with Gasteiger partial charge in [-0.05, 0) is 25.0 Å². The van der Waals surface area contributed by atoms with Crippen LogP contribution in [-0.2, 0) is 0 Å². The van der Waals surface area contributed by atoms with Crippen LogP contribution in [0.2, 0.25) is 0 Å². The van der Waals surface area contributed by atoms with Gasteiger partial charge in [-0.3, -0.25) is 9.78 Å². The van der Waals surface area contributed by atoms with E-state index in [0.717, 1.165) is 38.8 Å². The zero-order valence-electron chi connectivity index (χ0n) is 12.7. The molecule has 118 valence electrons.